The predicted molar refractivity (Wildman–Crippen MR) is 116 cm³/mol. The van der Waals surface area contributed by atoms with E-state index in [4.69, 9.17) is 4.74 Å². The molecule has 0 fully saturated rings. The van der Waals surface area contributed by atoms with Gasteiger partial charge in [-0.25, -0.2) is 4.98 Å². The molecule has 0 spiro atoms. The Labute approximate surface area is 174 Å². The highest BCUT2D eigenvalue weighted by Gasteiger charge is 2.19. The van der Waals surface area contributed by atoms with Crippen molar-refractivity contribution < 1.29 is 14.6 Å². The molecule has 0 aliphatic carbocycles. The van der Waals surface area contributed by atoms with E-state index in [0.717, 1.165) is 33.0 Å². The molecule has 0 saturated carbocycles. The van der Waals surface area contributed by atoms with Crippen LogP contribution in [0.4, 0.5) is 5.82 Å². The molecule has 2 aromatic heterocycles. The smallest absolute Gasteiger partial charge is 0.235 e. The first kappa shape index (κ1) is 20.8. The van der Waals surface area contributed by atoms with Gasteiger partial charge in [-0.1, -0.05) is 23.9 Å². The lowest BCUT2D eigenvalue weighted by atomic mass is 10.2. The average molecular weight is 412 g/mol. The second-order valence-electron chi connectivity index (χ2n) is 6.87. The van der Waals surface area contributed by atoms with Crippen molar-refractivity contribution in [3.8, 4) is 11.6 Å². The van der Waals surface area contributed by atoms with Gasteiger partial charge in [0.2, 0.25) is 5.91 Å². The Hall–Kier alpha value is -2.93. The lowest BCUT2D eigenvalue weighted by Crippen LogP contribution is -2.15. The number of hydrogen-bond acceptors (Lipinski definition) is 5. The number of rotatable bonds is 7. The van der Waals surface area contributed by atoms with Crippen LogP contribution in [-0.4, -0.2) is 33.4 Å². The molecular formula is C22H25N3O3S. The first-order valence-electron chi connectivity index (χ1n) is 9.26. The predicted octanol–water partition coefficient (Wildman–Crippen LogP) is 4.30. The van der Waals surface area contributed by atoms with Crippen LogP contribution in [0.5, 0.6) is 11.6 Å². The van der Waals surface area contributed by atoms with Crippen molar-refractivity contribution in [2.45, 2.75) is 32.3 Å². The summed E-state index contributed by atoms with van der Waals surface area (Å²) in [5, 5.41) is 14.3. The second-order valence-corrected chi connectivity index (χ2v) is 7.83. The summed E-state index contributed by atoms with van der Waals surface area (Å²) in [6, 6.07) is 11.4. The van der Waals surface area contributed by atoms with E-state index in [2.05, 4.69) is 10.3 Å². The number of methoxy groups -OCH3 is 1. The minimum atomic E-state index is -0.137. The maximum atomic E-state index is 12.4. The number of aromatic hydroxyl groups is 1. The van der Waals surface area contributed by atoms with Gasteiger partial charge in [-0.05, 0) is 61.7 Å². The van der Waals surface area contributed by atoms with Gasteiger partial charge in [0.25, 0.3) is 0 Å². The van der Waals surface area contributed by atoms with Gasteiger partial charge in [0.1, 0.15) is 11.6 Å². The van der Waals surface area contributed by atoms with Crippen molar-refractivity contribution in [3.05, 3.63) is 64.8 Å². The van der Waals surface area contributed by atoms with Gasteiger partial charge in [-0.2, -0.15) is 0 Å². The van der Waals surface area contributed by atoms with Crippen LogP contribution in [0.25, 0.3) is 0 Å². The van der Waals surface area contributed by atoms with Gasteiger partial charge in [-0.3, -0.25) is 4.79 Å². The highest BCUT2D eigenvalue weighted by molar-refractivity contribution is 8.00. The highest BCUT2D eigenvalue weighted by atomic mass is 32.2. The summed E-state index contributed by atoms with van der Waals surface area (Å²) in [6.45, 7) is 6.30. The third-order valence-corrected chi connectivity index (χ3v) is 5.95. The van der Waals surface area contributed by atoms with Gasteiger partial charge in [-0.15, -0.1) is 0 Å². The number of ether oxygens (including phenoxy) is 1. The first-order valence-corrected chi connectivity index (χ1v) is 10.2. The summed E-state index contributed by atoms with van der Waals surface area (Å²) < 4.78 is 7.04. The van der Waals surface area contributed by atoms with Crippen LogP contribution in [0.2, 0.25) is 0 Å². The standard InChI is InChI=1S/C22H25N3O3S/c1-14-9-10-23-19(11-14)24-20(26)13-29-22-16(3)15(2)21(27)25(22)12-17-5-7-18(28-4)8-6-17/h5-11,27H,12-13H2,1-4H3,(H,23,24,26). The van der Waals surface area contributed by atoms with E-state index >= 15 is 0 Å². The molecule has 0 atom stereocenters. The molecule has 3 aromatic rings. The summed E-state index contributed by atoms with van der Waals surface area (Å²) in [7, 11) is 1.63. The molecule has 3 rings (SSSR count). The molecule has 2 N–H and O–H groups in total. The minimum absolute atomic E-state index is 0.137. The summed E-state index contributed by atoms with van der Waals surface area (Å²) in [5.41, 5.74) is 3.86. The van der Waals surface area contributed by atoms with Crippen molar-refractivity contribution in [1.82, 2.24) is 9.55 Å². The number of pyridine rings is 1. The number of nitrogens with one attached hydrogen (secondary N) is 1. The van der Waals surface area contributed by atoms with Gasteiger partial charge < -0.3 is 19.7 Å². The average Bonchev–Trinajstić information content (AvgIpc) is 2.90. The number of hydrogen-bond donors (Lipinski definition) is 2. The van der Waals surface area contributed by atoms with E-state index in [1.165, 1.54) is 11.8 Å². The van der Waals surface area contributed by atoms with Crippen LogP contribution in [0.1, 0.15) is 22.3 Å². The van der Waals surface area contributed by atoms with E-state index in [1.807, 2.05) is 61.7 Å². The van der Waals surface area contributed by atoms with Gasteiger partial charge in [0.15, 0.2) is 5.88 Å². The van der Waals surface area contributed by atoms with Crippen molar-refractivity contribution >= 4 is 23.5 Å². The van der Waals surface area contributed by atoms with E-state index in [1.54, 1.807) is 13.3 Å². The summed E-state index contributed by atoms with van der Waals surface area (Å²) >= 11 is 1.41. The fourth-order valence-corrected chi connectivity index (χ4v) is 4.01. The van der Waals surface area contributed by atoms with Crippen LogP contribution in [-0.2, 0) is 11.3 Å². The van der Waals surface area contributed by atoms with Crippen LogP contribution < -0.4 is 10.1 Å². The largest absolute Gasteiger partial charge is 0.497 e. The number of aromatic nitrogens is 2. The van der Waals surface area contributed by atoms with Crippen LogP contribution in [0, 0.1) is 20.8 Å². The quantitative estimate of drug-likeness (QED) is 0.567. The lowest BCUT2D eigenvalue weighted by molar-refractivity contribution is -0.113. The number of nitrogens with zero attached hydrogens (tertiary/aromatic N) is 2. The molecule has 0 unspecified atom stereocenters. The number of anilines is 1. The van der Waals surface area contributed by atoms with Crippen LogP contribution in [0.15, 0.2) is 47.6 Å². The zero-order valence-corrected chi connectivity index (χ0v) is 17.8. The maximum Gasteiger partial charge on any atom is 0.235 e. The number of carbonyl (C=O) groups is 1. The summed E-state index contributed by atoms with van der Waals surface area (Å²) in [4.78, 5) is 16.5. The van der Waals surface area contributed by atoms with Crippen LogP contribution >= 0.6 is 11.8 Å². The molecular weight excluding hydrogens is 386 g/mol. The lowest BCUT2D eigenvalue weighted by Gasteiger charge is -2.12. The van der Waals surface area contributed by atoms with Crippen molar-refractivity contribution in [2.24, 2.45) is 0 Å². The number of thioether (sulfide) groups is 1. The number of amides is 1. The maximum absolute atomic E-state index is 12.4. The SMILES string of the molecule is COc1ccc(Cn2c(O)c(C)c(C)c2SCC(=O)Nc2cc(C)ccn2)cc1. The molecule has 0 aliphatic rings. The summed E-state index contributed by atoms with van der Waals surface area (Å²) in [5.74, 6) is 1.64. The number of benzene rings is 1. The van der Waals surface area contributed by atoms with Crippen LogP contribution in [0.3, 0.4) is 0 Å². The van der Waals surface area contributed by atoms with E-state index in [9.17, 15) is 9.90 Å². The van der Waals surface area contributed by atoms with Crippen molar-refractivity contribution in [2.75, 3.05) is 18.2 Å². The van der Waals surface area contributed by atoms with Crippen molar-refractivity contribution in [3.63, 3.8) is 0 Å². The zero-order valence-electron chi connectivity index (χ0n) is 17.0. The molecule has 0 aliphatic heterocycles. The van der Waals surface area contributed by atoms with E-state index < -0.39 is 0 Å². The molecule has 2 heterocycles. The highest BCUT2D eigenvalue weighted by Crippen LogP contribution is 2.35. The minimum Gasteiger partial charge on any atom is -0.497 e. The van der Waals surface area contributed by atoms with E-state index in [0.29, 0.717) is 12.4 Å². The second kappa shape index (κ2) is 9.05. The molecule has 29 heavy (non-hydrogen) atoms. The van der Waals surface area contributed by atoms with Gasteiger partial charge in [0.05, 0.1) is 24.4 Å². The molecule has 152 valence electrons. The van der Waals surface area contributed by atoms with Crippen molar-refractivity contribution in [1.29, 1.82) is 0 Å². The Morgan fingerprint density at radius 1 is 1.17 bits per heavy atom. The van der Waals surface area contributed by atoms with Gasteiger partial charge >= 0.3 is 0 Å². The Balaban J connectivity index is 1.74. The molecule has 1 amide bonds. The Bertz CT molecular complexity index is 1010. The first-order chi connectivity index (χ1) is 13.9. The molecule has 7 heteroatoms. The molecule has 0 saturated heterocycles. The monoisotopic (exact) mass is 411 g/mol. The molecule has 6 nitrogen and oxygen atoms in total. The number of aryl methyl sites for hydroxylation is 1. The third kappa shape index (κ3) is 4.92. The molecule has 1 aromatic carbocycles. The fourth-order valence-electron chi connectivity index (χ4n) is 2.99. The zero-order chi connectivity index (χ0) is 21.0. The number of carbonyl (C=O) groups excluding carboxylic acids is 1. The third-order valence-electron chi connectivity index (χ3n) is 4.74. The van der Waals surface area contributed by atoms with Gasteiger partial charge in [0, 0.05) is 11.8 Å². The molecule has 0 bridgehead atoms. The Morgan fingerprint density at radius 3 is 2.55 bits per heavy atom. The van der Waals surface area contributed by atoms with E-state index in [-0.39, 0.29) is 17.5 Å². The summed E-state index contributed by atoms with van der Waals surface area (Å²) in [6.07, 6.45) is 1.67. The Morgan fingerprint density at radius 2 is 1.90 bits per heavy atom. The fraction of sp³-hybridized carbons (Fsp3) is 0.273. The Kier molecular flexibility index (Phi) is 6.49. The topological polar surface area (TPSA) is 76.4 Å². The molecule has 0 radical (unpaired) electrons. The normalized spacial score (nSPS) is 10.8.